The van der Waals surface area contributed by atoms with Crippen molar-refractivity contribution in [2.75, 3.05) is 140 Å². The standard InChI is InChI=1S/C39H57O12Se.BF4/c1-40-16-19-43-22-25-46-28-31-49-34-10-4-7-13-37(34)52(38-14-8-5-11-35(38)50-32-29-47-26-23-44-20-17-41-2)39-15-9-6-12-36(39)51-33-30-48-27-24-45-21-18-42-3;2-1(3,4)5/h4-15H,16-33H2,1-3H3;/q+1;-1. The Bertz CT molecular complexity index is 1250. The molecule has 0 radical (unpaired) electrons. The van der Waals surface area contributed by atoms with Gasteiger partial charge in [-0.05, 0) is 0 Å². The van der Waals surface area contributed by atoms with Gasteiger partial charge in [0.1, 0.15) is 0 Å². The summed E-state index contributed by atoms with van der Waals surface area (Å²) in [7, 11) is -1.04. The van der Waals surface area contributed by atoms with Crippen LogP contribution in [-0.2, 0) is 42.6 Å². The van der Waals surface area contributed by atoms with Gasteiger partial charge in [-0.15, -0.1) is 0 Å². The van der Waals surface area contributed by atoms with Gasteiger partial charge in [-0.3, -0.25) is 0 Å². The molecule has 0 heterocycles. The normalized spacial score (nSPS) is 11.4. The maximum absolute atomic E-state index is 9.75. The van der Waals surface area contributed by atoms with Gasteiger partial charge in [-0.1, -0.05) is 0 Å². The maximum atomic E-state index is 9.75. The van der Waals surface area contributed by atoms with Gasteiger partial charge in [-0.2, -0.15) is 0 Å². The Labute approximate surface area is 338 Å². The summed E-state index contributed by atoms with van der Waals surface area (Å²) in [6.45, 7) is 8.73. The molecule has 0 amide bonds. The molecule has 0 unspecified atom stereocenters. The minimum absolute atomic E-state index is 0.392. The molecule has 0 saturated carbocycles. The molecule has 0 fully saturated rings. The van der Waals surface area contributed by atoms with Crippen LogP contribution in [0.2, 0.25) is 0 Å². The fourth-order valence-electron chi connectivity index (χ4n) is 4.59. The fourth-order valence-corrected chi connectivity index (χ4v) is 9.50. The third kappa shape index (κ3) is 24.5. The van der Waals surface area contributed by atoms with Crippen molar-refractivity contribution in [1.29, 1.82) is 0 Å². The minimum Gasteiger partial charge on any atom is -0.418 e. The van der Waals surface area contributed by atoms with Crippen molar-refractivity contribution in [3.8, 4) is 17.2 Å². The van der Waals surface area contributed by atoms with Crippen molar-refractivity contribution in [2.24, 2.45) is 0 Å². The van der Waals surface area contributed by atoms with Crippen LogP contribution in [0.15, 0.2) is 72.8 Å². The number of hydrogen-bond donors (Lipinski definition) is 0. The summed E-state index contributed by atoms with van der Waals surface area (Å²) in [6, 6.07) is 24.6. The second kappa shape index (κ2) is 32.9. The fraction of sp³-hybridized carbons (Fsp3) is 0.538. The van der Waals surface area contributed by atoms with Crippen LogP contribution in [0.5, 0.6) is 17.2 Å². The Morgan fingerprint density at radius 1 is 0.351 bits per heavy atom. The van der Waals surface area contributed by atoms with E-state index in [-0.39, 0.29) is 0 Å². The molecule has 0 saturated heterocycles. The molecule has 0 aliphatic rings. The number of hydrogen-bond acceptors (Lipinski definition) is 12. The molecule has 3 aromatic rings. The van der Waals surface area contributed by atoms with Gasteiger partial charge >= 0.3 is 300 Å². The molecule has 18 heteroatoms. The molecule has 0 bridgehead atoms. The van der Waals surface area contributed by atoms with E-state index in [0.29, 0.717) is 119 Å². The van der Waals surface area contributed by atoms with Crippen molar-refractivity contribution >= 4 is 34.5 Å². The number of halogens is 4. The smallest absolute Gasteiger partial charge is 0.418 e. The van der Waals surface area contributed by atoms with E-state index >= 15 is 0 Å². The van der Waals surface area contributed by atoms with Crippen LogP contribution in [0.3, 0.4) is 0 Å². The summed E-state index contributed by atoms with van der Waals surface area (Å²) in [5.74, 6) is 2.39. The predicted molar refractivity (Wildman–Crippen MR) is 211 cm³/mol. The van der Waals surface area contributed by atoms with Crippen LogP contribution in [0.25, 0.3) is 0 Å². The molecular formula is C39H57BF4O12Se. The molecule has 0 aromatic heterocycles. The third-order valence-corrected chi connectivity index (χ3v) is 12.0. The van der Waals surface area contributed by atoms with E-state index in [1.807, 2.05) is 54.6 Å². The van der Waals surface area contributed by atoms with E-state index < -0.39 is 21.2 Å². The van der Waals surface area contributed by atoms with Crippen LogP contribution in [0.4, 0.5) is 17.3 Å². The molecule has 0 aliphatic heterocycles. The van der Waals surface area contributed by atoms with E-state index in [4.69, 9.17) is 56.8 Å². The predicted octanol–water partition coefficient (Wildman–Crippen LogP) is 3.68. The molecule has 3 rings (SSSR count). The molecule has 0 N–H and O–H groups in total. The molecule has 57 heavy (non-hydrogen) atoms. The zero-order chi connectivity index (χ0) is 41.2. The minimum atomic E-state index is -6.00. The first kappa shape index (κ1) is 50.1. The van der Waals surface area contributed by atoms with E-state index in [2.05, 4.69) is 18.2 Å². The van der Waals surface area contributed by atoms with Crippen LogP contribution < -0.4 is 27.6 Å². The third-order valence-electron chi connectivity index (χ3n) is 7.07. The molecule has 0 atom stereocenters. The van der Waals surface area contributed by atoms with Gasteiger partial charge < -0.3 is 17.3 Å². The zero-order valence-corrected chi connectivity index (χ0v) is 34.8. The molecule has 12 nitrogen and oxygen atoms in total. The summed E-state index contributed by atoms with van der Waals surface area (Å²) in [6.07, 6.45) is 0. The van der Waals surface area contributed by atoms with Gasteiger partial charge in [0.15, 0.2) is 0 Å². The monoisotopic (exact) mass is 884 g/mol. The summed E-state index contributed by atoms with van der Waals surface area (Å²) in [5.41, 5.74) is 0. The number of para-hydroxylation sites is 3. The van der Waals surface area contributed by atoms with Gasteiger partial charge in [0.05, 0.1) is 0 Å². The van der Waals surface area contributed by atoms with Crippen molar-refractivity contribution in [2.45, 2.75) is 0 Å². The van der Waals surface area contributed by atoms with E-state index in [1.54, 1.807) is 21.3 Å². The number of ether oxygens (including phenoxy) is 12. The first-order valence-corrected chi connectivity index (χ1v) is 21.1. The molecule has 3 aromatic carbocycles. The van der Waals surface area contributed by atoms with Gasteiger partial charge in [0.2, 0.25) is 0 Å². The first-order chi connectivity index (χ1) is 27.8. The summed E-state index contributed by atoms with van der Waals surface area (Å²) >= 11 is -2.07. The van der Waals surface area contributed by atoms with Crippen LogP contribution in [-0.4, -0.2) is 161 Å². The molecule has 0 aliphatic carbocycles. The zero-order valence-electron chi connectivity index (χ0n) is 33.1. The van der Waals surface area contributed by atoms with Gasteiger partial charge in [-0.25, -0.2) is 0 Å². The summed E-state index contributed by atoms with van der Waals surface area (Å²) in [5, 5.41) is 0. The Kier molecular flexibility index (Phi) is 28.9. The SMILES string of the molecule is COCCOCCOCCOc1ccccc1[Se+](c1ccccc1OCCOCCOCCOC)c1ccccc1OCCOCCOCCOC.F[B-](F)(F)F. The van der Waals surface area contributed by atoms with Crippen molar-refractivity contribution < 1.29 is 74.1 Å². The molecular weight excluding hydrogens is 826 g/mol. The second-order valence-corrected chi connectivity index (χ2v) is 15.4. The Morgan fingerprint density at radius 2 is 0.561 bits per heavy atom. The van der Waals surface area contributed by atoms with Crippen molar-refractivity contribution in [3.63, 3.8) is 0 Å². The number of rotatable bonds is 33. The van der Waals surface area contributed by atoms with Crippen molar-refractivity contribution in [1.82, 2.24) is 0 Å². The van der Waals surface area contributed by atoms with Crippen molar-refractivity contribution in [3.05, 3.63) is 72.8 Å². The number of methoxy groups -OCH3 is 3. The molecule has 0 spiro atoms. The van der Waals surface area contributed by atoms with Gasteiger partial charge in [0, 0.05) is 21.3 Å². The Morgan fingerprint density at radius 3 is 0.807 bits per heavy atom. The van der Waals surface area contributed by atoms with Crippen LogP contribution >= 0.6 is 0 Å². The average Bonchev–Trinajstić information content (AvgIpc) is 3.20. The average molecular weight is 884 g/mol. The Balaban J connectivity index is 0.00000210. The van der Waals surface area contributed by atoms with E-state index in [1.165, 1.54) is 0 Å². The van der Waals surface area contributed by atoms with E-state index in [9.17, 15) is 17.3 Å². The summed E-state index contributed by atoms with van der Waals surface area (Å²) in [4.78, 5) is 0. The molecule has 322 valence electrons. The summed E-state index contributed by atoms with van der Waals surface area (Å²) < 4.78 is 110. The first-order valence-electron chi connectivity index (χ1n) is 18.5. The van der Waals surface area contributed by atoms with Gasteiger partial charge in [0.25, 0.3) is 0 Å². The van der Waals surface area contributed by atoms with Crippen LogP contribution in [0.1, 0.15) is 0 Å². The quantitative estimate of drug-likeness (QED) is 0.0506. The number of benzene rings is 3. The topological polar surface area (TPSA) is 111 Å². The second-order valence-electron chi connectivity index (χ2n) is 11.3. The van der Waals surface area contributed by atoms with E-state index in [0.717, 1.165) is 30.6 Å². The Hall–Kier alpha value is -3.00. The van der Waals surface area contributed by atoms with Crippen LogP contribution in [0, 0.1) is 0 Å².